The summed E-state index contributed by atoms with van der Waals surface area (Å²) in [7, 11) is -3.73. The molecule has 9 heteroatoms. The quantitative estimate of drug-likeness (QED) is 0.579. The summed E-state index contributed by atoms with van der Waals surface area (Å²) in [5, 5.41) is 11.9. The summed E-state index contributed by atoms with van der Waals surface area (Å²) in [5.41, 5.74) is -0.407. The number of halogens is 1. The average Bonchev–Trinajstić information content (AvgIpc) is 3.12. The lowest BCUT2D eigenvalue weighted by Crippen LogP contribution is -2.27. The van der Waals surface area contributed by atoms with Crippen molar-refractivity contribution < 1.29 is 18.1 Å². The van der Waals surface area contributed by atoms with E-state index in [2.05, 4.69) is 0 Å². The minimum absolute atomic E-state index is 0.0345. The highest BCUT2D eigenvalue weighted by Gasteiger charge is 2.29. The average molecular weight is 383 g/mol. The first kappa shape index (κ1) is 17.7. The van der Waals surface area contributed by atoms with Gasteiger partial charge < -0.3 is 4.74 Å². The van der Waals surface area contributed by atoms with E-state index in [-0.39, 0.29) is 10.6 Å². The molecule has 0 spiro atoms. The Kier molecular flexibility index (Phi) is 4.94. The van der Waals surface area contributed by atoms with Crippen LogP contribution in [0, 0.1) is 10.1 Å². The number of hydrogen-bond donors (Lipinski definition) is 0. The zero-order valence-corrected chi connectivity index (χ0v) is 14.7. The Labute approximate surface area is 150 Å². The molecule has 1 heterocycles. The fourth-order valence-corrected chi connectivity index (χ4v) is 4.26. The van der Waals surface area contributed by atoms with Gasteiger partial charge in [-0.25, -0.2) is 8.42 Å². The van der Waals surface area contributed by atoms with Gasteiger partial charge in [-0.05, 0) is 49.2 Å². The summed E-state index contributed by atoms with van der Waals surface area (Å²) >= 11 is 5.79. The van der Waals surface area contributed by atoms with E-state index < -0.39 is 20.6 Å². The summed E-state index contributed by atoms with van der Waals surface area (Å²) in [6.45, 7) is 0.859. The monoisotopic (exact) mass is 382 g/mol. The van der Waals surface area contributed by atoms with Crippen molar-refractivity contribution >= 4 is 27.3 Å². The number of nitro groups is 1. The topological polar surface area (TPSA) is 89.8 Å². The van der Waals surface area contributed by atoms with Crippen LogP contribution >= 0.6 is 11.6 Å². The first-order valence-corrected chi connectivity index (χ1v) is 9.42. The van der Waals surface area contributed by atoms with Crippen molar-refractivity contribution in [2.75, 3.05) is 13.1 Å². The third-order valence-electron chi connectivity index (χ3n) is 3.87. The zero-order chi connectivity index (χ0) is 18.0. The Bertz CT molecular complexity index is 893. The van der Waals surface area contributed by atoms with Crippen LogP contribution in [0.1, 0.15) is 12.8 Å². The van der Waals surface area contributed by atoms with E-state index in [9.17, 15) is 18.5 Å². The maximum Gasteiger partial charge on any atom is 0.312 e. The predicted molar refractivity (Wildman–Crippen MR) is 92.6 cm³/mol. The second kappa shape index (κ2) is 6.99. The SMILES string of the molecule is O=[N+]([O-])c1cc(S(=O)(=O)N2CCCC2)ccc1Oc1ccc(Cl)cc1. The molecule has 1 saturated heterocycles. The Hall–Kier alpha value is -2.16. The van der Waals surface area contributed by atoms with E-state index in [4.69, 9.17) is 16.3 Å². The fraction of sp³-hybridized carbons (Fsp3) is 0.250. The van der Waals surface area contributed by atoms with Crippen LogP contribution < -0.4 is 4.74 Å². The third-order valence-corrected chi connectivity index (χ3v) is 6.02. The molecule has 0 radical (unpaired) electrons. The molecule has 0 saturated carbocycles. The van der Waals surface area contributed by atoms with Gasteiger partial charge in [-0.2, -0.15) is 4.31 Å². The fourth-order valence-electron chi connectivity index (χ4n) is 2.59. The molecule has 1 fully saturated rings. The number of nitrogens with zero attached hydrogens (tertiary/aromatic N) is 2. The summed E-state index contributed by atoms with van der Waals surface area (Å²) in [5.74, 6) is 0.329. The molecule has 0 atom stereocenters. The lowest BCUT2D eigenvalue weighted by Gasteiger charge is -2.15. The third kappa shape index (κ3) is 3.76. The van der Waals surface area contributed by atoms with Gasteiger partial charge >= 0.3 is 5.69 Å². The molecular weight excluding hydrogens is 368 g/mol. The molecule has 132 valence electrons. The number of sulfonamides is 1. The molecule has 7 nitrogen and oxygen atoms in total. The summed E-state index contributed by atoms with van der Waals surface area (Å²) in [4.78, 5) is 10.6. The maximum atomic E-state index is 12.6. The zero-order valence-electron chi connectivity index (χ0n) is 13.1. The molecular formula is C16H15ClN2O5S. The normalized spacial score (nSPS) is 15.2. The van der Waals surface area contributed by atoms with Crippen LogP contribution in [0.25, 0.3) is 0 Å². The molecule has 0 amide bonds. The highest BCUT2D eigenvalue weighted by atomic mass is 35.5. The first-order valence-electron chi connectivity index (χ1n) is 7.60. The Morgan fingerprint density at radius 2 is 1.72 bits per heavy atom. The number of nitro benzene ring substituents is 1. The van der Waals surface area contributed by atoms with Crippen LogP contribution in [0.4, 0.5) is 5.69 Å². The van der Waals surface area contributed by atoms with Crippen molar-refractivity contribution in [2.24, 2.45) is 0 Å². The van der Waals surface area contributed by atoms with Crippen LogP contribution in [0.5, 0.6) is 11.5 Å². The van der Waals surface area contributed by atoms with Crippen molar-refractivity contribution in [1.29, 1.82) is 0 Å². The van der Waals surface area contributed by atoms with Gasteiger partial charge in [0.2, 0.25) is 15.8 Å². The molecule has 0 N–H and O–H groups in total. The Morgan fingerprint density at radius 3 is 2.32 bits per heavy atom. The summed E-state index contributed by atoms with van der Waals surface area (Å²) < 4.78 is 32.0. The van der Waals surface area contributed by atoms with E-state index in [1.165, 1.54) is 16.4 Å². The Morgan fingerprint density at radius 1 is 1.08 bits per heavy atom. The van der Waals surface area contributed by atoms with Crippen LogP contribution in [-0.4, -0.2) is 30.7 Å². The van der Waals surface area contributed by atoms with Crippen molar-refractivity contribution in [2.45, 2.75) is 17.7 Å². The van der Waals surface area contributed by atoms with Gasteiger partial charge in [0.15, 0.2) is 0 Å². The molecule has 0 aromatic heterocycles. The molecule has 0 aliphatic carbocycles. The highest BCUT2D eigenvalue weighted by Crippen LogP contribution is 2.34. The molecule has 1 aliphatic heterocycles. The number of ether oxygens (including phenoxy) is 1. The van der Waals surface area contributed by atoms with Crippen molar-refractivity contribution in [3.63, 3.8) is 0 Å². The number of hydrogen-bond acceptors (Lipinski definition) is 5. The van der Waals surface area contributed by atoms with E-state index in [1.807, 2.05) is 0 Å². The second-order valence-corrected chi connectivity index (χ2v) is 7.93. The van der Waals surface area contributed by atoms with E-state index in [0.29, 0.717) is 23.9 Å². The molecule has 2 aromatic rings. The maximum absolute atomic E-state index is 12.6. The van der Waals surface area contributed by atoms with Gasteiger partial charge in [-0.15, -0.1) is 0 Å². The largest absolute Gasteiger partial charge is 0.450 e. The predicted octanol–water partition coefficient (Wildman–Crippen LogP) is 3.83. The van der Waals surface area contributed by atoms with Gasteiger partial charge in [0.05, 0.1) is 9.82 Å². The van der Waals surface area contributed by atoms with Gasteiger partial charge in [0.25, 0.3) is 0 Å². The van der Waals surface area contributed by atoms with Crippen molar-refractivity contribution in [3.05, 3.63) is 57.6 Å². The summed E-state index contributed by atoms with van der Waals surface area (Å²) in [6, 6.07) is 9.99. The smallest absolute Gasteiger partial charge is 0.312 e. The van der Waals surface area contributed by atoms with Crippen molar-refractivity contribution in [1.82, 2.24) is 4.31 Å². The second-order valence-electron chi connectivity index (χ2n) is 5.55. The highest BCUT2D eigenvalue weighted by molar-refractivity contribution is 7.89. The van der Waals surface area contributed by atoms with Gasteiger partial charge in [0.1, 0.15) is 5.75 Å². The van der Waals surface area contributed by atoms with Crippen LogP contribution in [0.15, 0.2) is 47.4 Å². The minimum atomic E-state index is -3.73. The van der Waals surface area contributed by atoms with Crippen LogP contribution in [0.2, 0.25) is 5.02 Å². The van der Waals surface area contributed by atoms with E-state index in [0.717, 1.165) is 18.9 Å². The lowest BCUT2D eigenvalue weighted by atomic mass is 10.3. The molecule has 25 heavy (non-hydrogen) atoms. The molecule has 0 bridgehead atoms. The minimum Gasteiger partial charge on any atom is -0.450 e. The molecule has 2 aromatic carbocycles. The van der Waals surface area contributed by atoms with Gasteiger partial charge in [-0.3, -0.25) is 10.1 Å². The van der Waals surface area contributed by atoms with Gasteiger partial charge in [0, 0.05) is 24.2 Å². The summed E-state index contributed by atoms with van der Waals surface area (Å²) in [6.07, 6.45) is 1.58. The number of rotatable bonds is 5. The molecule has 1 aliphatic rings. The van der Waals surface area contributed by atoms with E-state index >= 15 is 0 Å². The van der Waals surface area contributed by atoms with Crippen LogP contribution in [-0.2, 0) is 10.0 Å². The van der Waals surface area contributed by atoms with Crippen molar-refractivity contribution in [3.8, 4) is 11.5 Å². The molecule has 0 unspecified atom stereocenters. The molecule has 3 rings (SSSR count). The lowest BCUT2D eigenvalue weighted by molar-refractivity contribution is -0.385. The first-order chi connectivity index (χ1) is 11.9. The Balaban J connectivity index is 1.95. The van der Waals surface area contributed by atoms with E-state index in [1.54, 1.807) is 24.3 Å². The van der Waals surface area contributed by atoms with Gasteiger partial charge in [-0.1, -0.05) is 11.6 Å². The number of benzene rings is 2. The standard InChI is InChI=1S/C16H15ClN2O5S/c17-12-3-5-13(6-4-12)24-16-8-7-14(11-15(16)19(20)21)25(22,23)18-9-1-2-10-18/h3-8,11H,1-2,9-10H2. The van der Waals surface area contributed by atoms with Crippen LogP contribution in [0.3, 0.4) is 0 Å².